The average Bonchev–Trinajstić information content (AvgIpc) is 2.58. The summed E-state index contributed by atoms with van der Waals surface area (Å²) in [5.41, 5.74) is 1.01. The molecule has 0 aliphatic carbocycles. The molecule has 0 bridgehead atoms. The molecule has 24 heavy (non-hydrogen) atoms. The number of halogens is 2. The molecule has 0 spiro atoms. The first-order valence-electron chi connectivity index (χ1n) is 7.44. The molecule has 1 amide bonds. The fourth-order valence-electron chi connectivity index (χ4n) is 2.11. The van der Waals surface area contributed by atoms with E-state index in [1.165, 1.54) is 24.3 Å². The molecule has 0 saturated heterocycles. The summed E-state index contributed by atoms with van der Waals surface area (Å²) in [5.74, 6) is -0.984. The van der Waals surface area contributed by atoms with Crippen molar-refractivity contribution in [1.82, 2.24) is 5.32 Å². The van der Waals surface area contributed by atoms with Crippen LogP contribution in [0.15, 0.2) is 48.5 Å². The van der Waals surface area contributed by atoms with Crippen LogP contribution in [0.4, 0.5) is 4.39 Å². The first-order chi connectivity index (χ1) is 11.5. The van der Waals surface area contributed by atoms with Gasteiger partial charge in [0.1, 0.15) is 5.82 Å². The summed E-state index contributed by atoms with van der Waals surface area (Å²) in [5, 5.41) is 13.1. The Hall–Kier alpha value is -2.24. The van der Waals surface area contributed by atoms with E-state index in [9.17, 15) is 19.1 Å². The van der Waals surface area contributed by atoms with Crippen molar-refractivity contribution in [2.24, 2.45) is 0 Å². The van der Waals surface area contributed by atoms with Crippen LogP contribution in [-0.4, -0.2) is 23.3 Å². The highest BCUT2D eigenvalue weighted by atomic mass is 35.5. The largest absolute Gasteiger partial charge is 0.387 e. The molecule has 0 aliphatic heterocycles. The number of nitrogens with one attached hydrogen (secondary N) is 1. The lowest BCUT2D eigenvalue weighted by Crippen LogP contribution is -2.28. The second-order valence-corrected chi connectivity index (χ2v) is 5.74. The van der Waals surface area contributed by atoms with Gasteiger partial charge in [-0.2, -0.15) is 0 Å². The van der Waals surface area contributed by atoms with Gasteiger partial charge < -0.3 is 10.4 Å². The third kappa shape index (κ3) is 5.44. The van der Waals surface area contributed by atoms with Gasteiger partial charge in [-0.15, -0.1) is 0 Å². The standard InChI is InChI=1S/C18H17ClFNO3/c19-14-5-1-13(2-6-14)17(23)11-21-18(24)10-9-16(22)12-3-7-15(20)8-4-12/h1-8,17,23H,9-11H2,(H,21,24). The lowest BCUT2D eigenvalue weighted by Gasteiger charge is -2.12. The van der Waals surface area contributed by atoms with Crippen molar-refractivity contribution in [1.29, 1.82) is 0 Å². The number of ketones is 1. The number of amides is 1. The fourth-order valence-corrected chi connectivity index (χ4v) is 2.23. The predicted octanol–water partition coefficient (Wildman–Crippen LogP) is 3.29. The number of hydrogen-bond donors (Lipinski definition) is 2. The molecular weight excluding hydrogens is 333 g/mol. The van der Waals surface area contributed by atoms with E-state index in [0.717, 1.165) is 0 Å². The molecule has 0 heterocycles. The number of aliphatic hydroxyl groups excluding tert-OH is 1. The molecule has 126 valence electrons. The Labute approximate surface area is 144 Å². The molecule has 0 saturated carbocycles. The minimum absolute atomic E-state index is 0.00352. The zero-order valence-electron chi connectivity index (χ0n) is 12.8. The quantitative estimate of drug-likeness (QED) is 0.754. The summed E-state index contributed by atoms with van der Waals surface area (Å²) in [6.45, 7) is 0.0468. The minimum Gasteiger partial charge on any atom is -0.387 e. The fraction of sp³-hybridized carbons (Fsp3) is 0.222. The van der Waals surface area contributed by atoms with Crippen LogP contribution in [0.2, 0.25) is 5.02 Å². The smallest absolute Gasteiger partial charge is 0.220 e. The molecule has 0 aromatic heterocycles. The van der Waals surface area contributed by atoms with E-state index in [1.54, 1.807) is 24.3 Å². The highest BCUT2D eigenvalue weighted by Gasteiger charge is 2.12. The molecular formula is C18H17ClFNO3. The molecule has 2 aromatic carbocycles. The van der Waals surface area contributed by atoms with Crippen LogP contribution in [-0.2, 0) is 4.79 Å². The second-order valence-electron chi connectivity index (χ2n) is 5.30. The molecule has 4 nitrogen and oxygen atoms in total. The summed E-state index contributed by atoms with van der Waals surface area (Å²) in [6, 6.07) is 11.9. The summed E-state index contributed by atoms with van der Waals surface area (Å²) in [7, 11) is 0. The van der Waals surface area contributed by atoms with Crippen molar-refractivity contribution in [3.05, 3.63) is 70.5 Å². The summed E-state index contributed by atoms with van der Waals surface area (Å²) in [4.78, 5) is 23.7. The van der Waals surface area contributed by atoms with Gasteiger partial charge in [-0.3, -0.25) is 9.59 Å². The maximum absolute atomic E-state index is 12.8. The Morgan fingerprint density at radius 2 is 1.67 bits per heavy atom. The van der Waals surface area contributed by atoms with Gasteiger partial charge in [-0.05, 0) is 42.0 Å². The van der Waals surface area contributed by atoms with Gasteiger partial charge in [0.2, 0.25) is 5.91 Å². The molecule has 6 heteroatoms. The highest BCUT2D eigenvalue weighted by molar-refractivity contribution is 6.30. The number of hydrogen-bond acceptors (Lipinski definition) is 3. The van der Waals surface area contributed by atoms with E-state index in [-0.39, 0.29) is 31.1 Å². The summed E-state index contributed by atoms with van der Waals surface area (Å²) >= 11 is 5.77. The molecule has 1 atom stereocenters. The lowest BCUT2D eigenvalue weighted by atomic mass is 10.1. The molecule has 2 rings (SSSR count). The first-order valence-corrected chi connectivity index (χ1v) is 7.82. The van der Waals surface area contributed by atoms with E-state index in [2.05, 4.69) is 5.32 Å². The molecule has 2 aromatic rings. The van der Waals surface area contributed by atoms with E-state index >= 15 is 0 Å². The minimum atomic E-state index is -0.848. The average molecular weight is 350 g/mol. The Morgan fingerprint density at radius 3 is 2.29 bits per heavy atom. The maximum Gasteiger partial charge on any atom is 0.220 e. The highest BCUT2D eigenvalue weighted by Crippen LogP contribution is 2.15. The number of carbonyl (C=O) groups is 2. The first kappa shape index (κ1) is 18.1. The van der Waals surface area contributed by atoms with Crippen molar-refractivity contribution in [3.63, 3.8) is 0 Å². The number of Topliss-reactive ketones (excluding diaryl/α,β-unsaturated/α-hetero) is 1. The number of rotatable bonds is 7. The molecule has 0 aliphatic rings. The predicted molar refractivity (Wildman–Crippen MR) is 89.4 cm³/mol. The second kappa shape index (κ2) is 8.57. The van der Waals surface area contributed by atoms with Gasteiger partial charge in [0.15, 0.2) is 5.78 Å². The Balaban J connectivity index is 1.75. The molecule has 1 unspecified atom stereocenters. The lowest BCUT2D eigenvalue weighted by molar-refractivity contribution is -0.121. The SMILES string of the molecule is O=C(CCC(=O)c1ccc(F)cc1)NCC(O)c1ccc(Cl)cc1. The Kier molecular flexibility index (Phi) is 6.46. The Morgan fingerprint density at radius 1 is 1.04 bits per heavy atom. The topological polar surface area (TPSA) is 66.4 Å². The number of carbonyl (C=O) groups excluding carboxylic acids is 2. The van der Waals surface area contributed by atoms with E-state index in [1.807, 2.05) is 0 Å². The van der Waals surface area contributed by atoms with Crippen LogP contribution in [0.3, 0.4) is 0 Å². The van der Waals surface area contributed by atoms with Crippen molar-refractivity contribution >= 4 is 23.3 Å². The maximum atomic E-state index is 12.8. The Bertz CT molecular complexity index is 701. The number of benzene rings is 2. The van der Waals surface area contributed by atoms with E-state index in [4.69, 9.17) is 11.6 Å². The summed E-state index contributed by atoms with van der Waals surface area (Å²) < 4.78 is 12.8. The third-order valence-electron chi connectivity index (χ3n) is 3.49. The van der Waals surface area contributed by atoms with Crippen LogP contribution in [0.25, 0.3) is 0 Å². The summed E-state index contributed by atoms with van der Waals surface area (Å²) in [6.07, 6.45) is -0.822. The van der Waals surface area contributed by atoms with E-state index in [0.29, 0.717) is 16.1 Å². The van der Waals surface area contributed by atoms with Crippen LogP contribution < -0.4 is 5.32 Å². The zero-order chi connectivity index (χ0) is 17.5. The molecule has 2 N–H and O–H groups in total. The van der Waals surface area contributed by atoms with Gasteiger partial charge in [-0.25, -0.2) is 4.39 Å². The van der Waals surface area contributed by atoms with Crippen LogP contribution >= 0.6 is 11.6 Å². The van der Waals surface area contributed by atoms with Crippen molar-refractivity contribution in [2.45, 2.75) is 18.9 Å². The van der Waals surface area contributed by atoms with Crippen molar-refractivity contribution < 1.29 is 19.1 Å². The monoisotopic (exact) mass is 349 g/mol. The van der Waals surface area contributed by atoms with Crippen LogP contribution in [0, 0.1) is 5.82 Å². The molecule has 0 radical (unpaired) electrons. The van der Waals surface area contributed by atoms with Crippen molar-refractivity contribution in [2.75, 3.05) is 6.54 Å². The van der Waals surface area contributed by atoms with Crippen molar-refractivity contribution in [3.8, 4) is 0 Å². The van der Waals surface area contributed by atoms with Gasteiger partial charge >= 0.3 is 0 Å². The van der Waals surface area contributed by atoms with Gasteiger partial charge in [0.25, 0.3) is 0 Å². The van der Waals surface area contributed by atoms with Gasteiger partial charge in [0.05, 0.1) is 6.10 Å². The van der Waals surface area contributed by atoms with E-state index < -0.39 is 11.9 Å². The normalized spacial score (nSPS) is 11.8. The van der Waals surface area contributed by atoms with Crippen LogP contribution in [0.5, 0.6) is 0 Å². The third-order valence-corrected chi connectivity index (χ3v) is 3.74. The van der Waals surface area contributed by atoms with Crippen LogP contribution in [0.1, 0.15) is 34.9 Å². The van der Waals surface area contributed by atoms with Gasteiger partial charge in [0, 0.05) is 30.0 Å². The zero-order valence-corrected chi connectivity index (χ0v) is 13.6. The van der Waals surface area contributed by atoms with Gasteiger partial charge in [-0.1, -0.05) is 23.7 Å². The number of aliphatic hydroxyl groups is 1. The molecule has 0 fully saturated rings.